The lowest BCUT2D eigenvalue weighted by Crippen LogP contribution is -2.52. The van der Waals surface area contributed by atoms with Crippen LogP contribution >= 0.6 is 0 Å². The number of hydrogen-bond donors (Lipinski definition) is 1. The Balaban J connectivity index is 2.33. The van der Waals surface area contributed by atoms with Crippen molar-refractivity contribution < 1.29 is 5.11 Å². The smallest absolute Gasteiger partial charge is 0.0721 e. The average molecular weight is 129 g/mol. The SMILES string of the molecule is CC1CC(N(C)C)C1O. The molecule has 0 spiro atoms. The molecule has 0 aromatic carbocycles. The van der Waals surface area contributed by atoms with E-state index >= 15 is 0 Å². The Kier molecular flexibility index (Phi) is 1.78. The van der Waals surface area contributed by atoms with Crippen LogP contribution in [0.3, 0.4) is 0 Å². The first-order chi connectivity index (χ1) is 4.13. The average Bonchev–Trinajstić information content (AvgIpc) is 1.81. The van der Waals surface area contributed by atoms with E-state index in [0.717, 1.165) is 6.42 Å². The van der Waals surface area contributed by atoms with E-state index in [-0.39, 0.29) is 6.10 Å². The summed E-state index contributed by atoms with van der Waals surface area (Å²) in [7, 11) is 4.03. The third-order valence-corrected chi connectivity index (χ3v) is 2.25. The van der Waals surface area contributed by atoms with Crippen LogP contribution in [0, 0.1) is 5.92 Å². The molecule has 1 rings (SSSR count). The molecule has 0 aliphatic heterocycles. The molecule has 0 bridgehead atoms. The molecule has 0 heterocycles. The highest BCUT2D eigenvalue weighted by atomic mass is 16.3. The standard InChI is InChI=1S/C7H15NO/c1-5-4-6(7(5)9)8(2)3/h5-7,9H,4H2,1-3H3. The Morgan fingerprint density at radius 1 is 1.44 bits per heavy atom. The van der Waals surface area contributed by atoms with Crippen molar-refractivity contribution in [1.29, 1.82) is 0 Å². The number of nitrogens with zero attached hydrogens (tertiary/aromatic N) is 1. The van der Waals surface area contributed by atoms with E-state index in [1.165, 1.54) is 0 Å². The van der Waals surface area contributed by atoms with Gasteiger partial charge in [-0.3, -0.25) is 0 Å². The molecule has 3 unspecified atom stereocenters. The van der Waals surface area contributed by atoms with Gasteiger partial charge >= 0.3 is 0 Å². The van der Waals surface area contributed by atoms with Gasteiger partial charge < -0.3 is 10.0 Å². The quantitative estimate of drug-likeness (QED) is 0.551. The second kappa shape index (κ2) is 2.27. The van der Waals surface area contributed by atoms with Crippen LogP contribution in [0.15, 0.2) is 0 Å². The molecule has 1 fully saturated rings. The van der Waals surface area contributed by atoms with E-state index in [1.54, 1.807) is 0 Å². The highest BCUT2D eigenvalue weighted by Gasteiger charge is 2.37. The van der Waals surface area contributed by atoms with E-state index in [2.05, 4.69) is 11.8 Å². The lowest BCUT2D eigenvalue weighted by Gasteiger charge is -2.43. The minimum Gasteiger partial charge on any atom is -0.391 e. The second-order valence-electron chi connectivity index (χ2n) is 3.23. The number of aliphatic hydroxyl groups excluding tert-OH is 1. The molecule has 1 N–H and O–H groups in total. The summed E-state index contributed by atoms with van der Waals surface area (Å²) in [5.74, 6) is 0.511. The predicted molar refractivity (Wildman–Crippen MR) is 37.3 cm³/mol. The summed E-state index contributed by atoms with van der Waals surface area (Å²) in [4.78, 5) is 2.09. The fraction of sp³-hybridized carbons (Fsp3) is 1.00. The van der Waals surface area contributed by atoms with Crippen molar-refractivity contribution in [1.82, 2.24) is 4.90 Å². The van der Waals surface area contributed by atoms with Gasteiger partial charge in [-0.25, -0.2) is 0 Å². The highest BCUT2D eigenvalue weighted by Crippen LogP contribution is 2.29. The molecule has 1 aliphatic carbocycles. The molecule has 0 aromatic rings. The number of rotatable bonds is 1. The molecule has 0 radical (unpaired) electrons. The molecule has 3 atom stereocenters. The van der Waals surface area contributed by atoms with Crippen LogP contribution in [0.2, 0.25) is 0 Å². The molecule has 54 valence electrons. The molecular weight excluding hydrogens is 114 g/mol. The monoisotopic (exact) mass is 129 g/mol. The molecule has 0 aromatic heterocycles. The zero-order chi connectivity index (χ0) is 7.02. The fourth-order valence-corrected chi connectivity index (χ4v) is 1.36. The van der Waals surface area contributed by atoms with Gasteiger partial charge in [0.2, 0.25) is 0 Å². The molecular formula is C7H15NO. The Morgan fingerprint density at radius 3 is 2.11 bits per heavy atom. The van der Waals surface area contributed by atoms with Crippen molar-refractivity contribution in [2.75, 3.05) is 14.1 Å². The van der Waals surface area contributed by atoms with Crippen molar-refractivity contribution in [3.05, 3.63) is 0 Å². The lowest BCUT2D eigenvalue weighted by atomic mass is 9.78. The highest BCUT2D eigenvalue weighted by molar-refractivity contribution is 4.91. The van der Waals surface area contributed by atoms with Gasteiger partial charge in [0.15, 0.2) is 0 Å². The van der Waals surface area contributed by atoms with Crippen molar-refractivity contribution >= 4 is 0 Å². The second-order valence-corrected chi connectivity index (χ2v) is 3.23. The van der Waals surface area contributed by atoms with Gasteiger partial charge in [-0.15, -0.1) is 0 Å². The van der Waals surface area contributed by atoms with Crippen molar-refractivity contribution in [2.45, 2.75) is 25.5 Å². The minimum absolute atomic E-state index is 0.0833. The summed E-state index contributed by atoms with van der Waals surface area (Å²) in [5.41, 5.74) is 0. The fourth-order valence-electron chi connectivity index (χ4n) is 1.36. The van der Waals surface area contributed by atoms with E-state index in [9.17, 15) is 5.11 Å². The summed E-state index contributed by atoms with van der Waals surface area (Å²) in [6, 6.07) is 0.417. The molecule has 9 heavy (non-hydrogen) atoms. The van der Waals surface area contributed by atoms with Crippen LogP contribution in [0.5, 0.6) is 0 Å². The van der Waals surface area contributed by atoms with Crippen LogP contribution in [0.1, 0.15) is 13.3 Å². The number of likely N-dealkylation sites (N-methyl/N-ethyl adjacent to an activating group) is 1. The Bertz CT molecular complexity index is 103. The van der Waals surface area contributed by atoms with Crippen molar-refractivity contribution in [3.8, 4) is 0 Å². The first-order valence-electron chi connectivity index (χ1n) is 3.47. The summed E-state index contributed by atoms with van der Waals surface area (Å²) in [5, 5.41) is 9.30. The molecule has 1 saturated carbocycles. The van der Waals surface area contributed by atoms with E-state index in [1.807, 2.05) is 14.1 Å². The van der Waals surface area contributed by atoms with Gasteiger partial charge in [-0.05, 0) is 26.4 Å². The first-order valence-corrected chi connectivity index (χ1v) is 3.47. The van der Waals surface area contributed by atoms with Crippen LogP contribution < -0.4 is 0 Å². The van der Waals surface area contributed by atoms with Crippen LogP contribution in [0.4, 0.5) is 0 Å². The maximum atomic E-state index is 9.30. The summed E-state index contributed by atoms with van der Waals surface area (Å²) >= 11 is 0. The van der Waals surface area contributed by atoms with Crippen LogP contribution in [-0.2, 0) is 0 Å². The molecule has 1 aliphatic rings. The molecule has 0 amide bonds. The van der Waals surface area contributed by atoms with Gasteiger partial charge in [0.05, 0.1) is 6.10 Å². The summed E-state index contributed by atoms with van der Waals surface area (Å²) in [6.45, 7) is 2.09. The van der Waals surface area contributed by atoms with Crippen molar-refractivity contribution in [2.24, 2.45) is 5.92 Å². The summed E-state index contributed by atoms with van der Waals surface area (Å²) < 4.78 is 0. The largest absolute Gasteiger partial charge is 0.391 e. The lowest BCUT2D eigenvalue weighted by molar-refractivity contribution is -0.0482. The normalized spacial score (nSPS) is 43.0. The predicted octanol–water partition coefficient (Wildman–Crippen LogP) is 0.317. The molecule has 2 nitrogen and oxygen atoms in total. The third-order valence-electron chi connectivity index (χ3n) is 2.25. The zero-order valence-electron chi connectivity index (χ0n) is 6.33. The van der Waals surface area contributed by atoms with E-state index in [0.29, 0.717) is 12.0 Å². The van der Waals surface area contributed by atoms with Crippen LogP contribution in [0.25, 0.3) is 0 Å². The van der Waals surface area contributed by atoms with E-state index in [4.69, 9.17) is 0 Å². The molecule has 2 heteroatoms. The van der Waals surface area contributed by atoms with E-state index < -0.39 is 0 Å². The Labute approximate surface area is 56.5 Å². The van der Waals surface area contributed by atoms with Gasteiger partial charge in [0.25, 0.3) is 0 Å². The third kappa shape index (κ3) is 1.10. The van der Waals surface area contributed by atoms with Gasteiger partial charge in [0, 0.05) is 6.04 Å². The summed E-state index contributed by atoms with van der Waals surface area (Å²) in [6.07, 6.45) is 1.06. The maximum Gasteiger partial charge on any atom is 0.0721 e. The minimum atomic E-state index is -0.0833. The Morgan fingerprint density at radius 2 is 2.00 bits per heavy atom. The molecule has 0 saturated heterocycles. The zero-order valence-corrected chi connectivity index (χ0v) is 6.33. The topological polar surface area (TPSA) is 23.5 Å². The Hall–Kier alpha value is -0.0800. The first kappa shape index (κ1) is 7.03. The van der Waals surface area contributed by atoms with Gasteiger partial charge in [-0.2, -0.15) is 0 Å². The van der Waals surface area contributed by atoms with Gasteiger partial charge in [0.1, 0.15) is 0 Å². The number of hydrogen-bond acceptors (Lipinski definition) is 2. The van der Waals surface area contributed by atoms with Gasteiger partial charge in [-0.1, -0.05) is 6.92 Å². The van der Waals surface area contributed by atoms with Crippen molar-refractivity contribution in [3.63, 3.8) is 0 Å². The number of aliphatic hydroxyl groups is 1. The maximum absolute atomic E-state index is 9.30. The van der Waals surface area contributed by atoms with Crippen LogP contribution in [-0.4, -0.2) is 36.2 Å².